The first-order chi connectivity index (χ1) is 24.3. The van der Waals surface area contributed by atoms with Crippen LogP contribution in [0.2, 0.25) is 10.0 Å². The number of benzene rings is 2. The Morgan fingerprint density at radius 3 is 2.80 bits per heavy atom. The van der Waals surface area contributed by atoms with Gasteiger partial charge in [-0.1, -0.05) is 35.3 Å². The third-order valence-electron chi connectivity index (χ3n) is 11.2. The van der Waals surface area contributed by atoms with Gasteiger partial charge in [-0.25, -0.2) is 14.4 Å². The van der Waals surface area contributed by atoms with Crippen molar-refractivity contribution in [2.75, 3.05) is 13.1 Å². The minimum atomic E-state index is -0.476. The molecule has 1 N–H and O–H groups in total. The summed E-state index contributed by atoms with van der Waals surface area (Å²) in [6.45, 7) is 3.79. The predicted octanol–water partition coefficient (Wildman–Crippen LogP) is 8.33. The second-order valence-corrected chi connectivity index (χ2v) is 15.9. The molecule has 2 saturated carbocycles. The van der Waals surface area contributed by atoms with Crippen molar-refractivity contribution in [2.45, 2.75) is 76.3 Å². The molecule has 5 fully saturated rings. The number of carbonyl (C=O) groups excluding carboxylic acids is 1. The maximum atomic E-state index is 17.1. The number of ether oxygens (including phenoxy) is 1. The van der Waals surface area contributed by atoms with E-state index in [4.69, 9.17) is 32.9 Å². The van der Waals surface area contributed by atoms with Crippen LogP contribution in [-0.4, -0.2) is 50.6 Å². The predicted molar refractivity (Wildman–Crippen MR) is 193 cm³/mol. The molecule has 256 valence electrons. The SMILES string of the molecule is Cc1nc2c(F)c(-c3cccc(Cl)c3Cl)c(CCC#N)cc2c2c1cc([C@H]1C[C@H](OCc3nccs3)CN1C(=O)C1CC1)n2[C@H]1[C@H]2CN[C@@H]1C2. The molecule has 2 aromatic carbocycles. The van der Waals surface area contributed by atoms with E-state index in [0.29, 0.717) is 64.7 Å². The van der Waals surface area contributed by atoms with Gasteiger partial charge in [0, 0.05) is 82.8 Å². The summed E-state index contributed by atoms with van der Waals surface area (Å²) in [5.41, 5.74) is 4.44. The molecule has 5 aromatic rings. The number of hydrogen-bond acceptors (Lipinski definition) is 7. The van der Waals surface area contributed by atoms with E-state index in [2.05, 4.69) is 27.0 Å². The summed E-state index contributed by atoms with van der Waals surface area (Å²) in [6, 6.07) is 11.9. The number of halogens is 3. The fraction of sp³-hybridized carbons (Fsp3) is 0.421. The average Bonchev–Trinajstić information content (AvgIpc) is 3.62. The minimum Gasteiger partial charge on any atom is -0.369 e. The van der Waals surface area contributed by atoms with Crippen LogP contribution in [0.1, 0.15) is 66.1 Å². The molecule has 12 heteroatoms. The van der Waals surface area contributed by atoms with E-state index in [0.717, 1.165) is 47.4 Å². The lowest BCUT2D eigenvalue weighted by molar-refractivity contribution is -0.134. The third-order valence-corrected chi connectivity index (χ3v) is 12.7. The van der Waals surface area contributed by atoms with Gasteiger partial charge in [0.2, 0.25) is 5.91 Å². The number of nitrogens with one attached hydrogen (secondary N) is 1. The van der Waals surface area contributed by atoms with Crippen molar-refractivity contribution in [3.05, 3.63) is 79.7 Å². The molecular formula is C38H35Cl2FN6O2S. The van der Waals surface area contributed by atoms with E-state index in [9.17, 15) is 10.1 Å². The molecule has 0 spiro atoms. The van der Waals surface area contributed by atoms with Crippen LogP contribution in [0.25, 0.3) is 32.9 Å². The molecule has 5 atom stereocenters. The zero-order valence-electron chi connectivity index (χ0n) is 27.5. The second kappa shape index (κ2) is 12.6. The fourth-order valence-electron chi connectivity index (χ4n) is 8.62. The van der Waals surface area contributed by atoms with E-state index >= 15 is 4.39 Å². The van der Waals surface area contributed by atoms with Gasteiger partial charge >= 0.3 is 0 Å². The first-order valence-corrected chi connectivity index (χ1v) is 19.0. The number of hydrogen-bond donors (Lipinski definition) is 1. The number of fused-ring (bicyclic) bond motifs is 4. The molecule has 10 rings (SSSR count). The molecule has 0 radical (unpaired) electrons. The van der Waals surface area contributed by atoms with Crippen LogP contribution in [0.15, 0.2) is 41.9 Å². The minimum absolute atomic E-state index is 0.0624. The second-order valence-electron chi connectivity index (χ2n) is 14.2. The highest BCUT2D eigenvalue weighted by atomic mass is 35.5. The van der Waals surface area contributed by atoms with Gasteiger partial charge in [0.05, 0.1) is 46.4 Å². The van der Waals surface area contributed by atoms with Crippen molar-refractivity contribution in [3.63, 3.8) is 0 Å². The van der Waals surface area contributed by atoms with Gasteiger partial charge in [-0.15, -0.1) is 11.3 Å². The van der Waals surface area contributed by atoms with E-state index in [1.54, 1.807) is 35.7 Å². The zero-order valence-corrected chi connectivity index (χ0v) is 29.8. The van der Waals surface area contributed by atoms with E-state index in [1.165, 1.54) is 0 Å². The van der Waals surface area contributed by atoms with Crippen LogP contribution >= 0.6 is 34.5 Å². The Kier molecular flexibility index (Phi) is 8.13. The highest BCUT2D eigenvalue weighted by Crippen LogP contribution is 2.51. The number of thiazole rings is 1. The summed E-state index contributed by atoms with van der Waals surface area (Å²) < 4.78 is 26.0. The lowest BCUT2D eigenvalue weighted by atomic mass is 9.79. The molecule has 3 aromatic heterocycles. The van der Waals surface area contributed by atoms with Gasteiger partial charge in [-0.05, 0) is 62.3 Å². The van der Waals surface area contributed by atoms with Gasteiger partial charge in [0.15, 0.2) is 5.82 Å². The third kappa shape index (κ3) is 5.24. The van der Waals surface area contributed by atoms with Crippen LogP contribution in [0.3, 0.4) is 0 Å². The molecule has 1 amide bonds. The number of rotatable bonds is 9. The van der Waals surface area contributed by atoms with Crippen LogP contribution in [-0.2, 0) is 22.6 Å². The van der Waals surface area contributed by atoms with Crippen LogP contribution in [0.5, 0.6) is 0 Å². The summed E-state index contributed by atoms with van der Waals surface area (Å²) in [4.78, 5) is 25.3. The fourth-order valence-corrected chi connectivity index (χ4v) is 9.55. The van der Waals surface area contributed by atoms with E-state index < -0.39 is 5.82 Å². The molecule has 8 nitrogen and oxygen atoms in total. The monoisotopic (exact) mass is 728 g/mol. The maximum absolute atomic E-state index is 17.1. The Morgan fingerprint density at radius 2 is 2.08 bits per heavy atom. The van der Waals surface area contributed by atoms with Crippen LogP contribution in [0, 0.1) is 35.9 Å². The summed E-state index contributed by atoms with van der Waals surface area (Å²) in [5, 5.41) is 18.4. The van der Waals surface area contributed by atoms with Crippen LogP contribution in [0.4, 0.5) is 4.39 Å². The first-order valence-electron chi connectivity index (χ1n) is 17.3. The molecular weight excluding hydrogens is 694 g/mol. The van der Waals surface area contributed by atoms with Crippen molar-refractivity contribution < 1.29 is 13.9 Å². The van der Waals surface area contributed by atoms with Crippen molar-refractivity contribution >= 4 is 62.3 Å². The molecule has 6 heterocycles. The Hall–Kier alpha value is -3.59. The standard InChI is InChI=1S/C38H35Cl2FN6O2S/c1-19-25-15-30(29-14-23(49-18-31-43-10-11-50-31)17-46(29)38(48)20-7-8-20)47(36-22-13-28(36)44-16-22)37(25)26-12-21(4-3-9-42)32(34(41)35(26)45-19)24-5-2-6-27(39)33(24)40/h2,5-6,10-12,15,20,22-23,28-29,36,44H,3-4,7-8,13-14,16-18H2,1H3/t22-,23+,28-,29-,36+/m1/s1. The van der Waals surface area contributed by atoms with Crippen molar-refractivity contribution in [1.82, 2.24) is 24.8 Å². The van der Waals surface area contributed by atoms with Crippen LogP contribution < -0.4 is 5.32 Å². The maximum Gasteiger partial charge on any atom is 0.226 e. The Balaban J connectivity index is 1.25. The number of pyridine rings is 1. The number of nitrogens with zero attached hydrogens (tertiary/aromatic N) is 5. The Bertz CT molecular complexity index is 2200. The van der Waals surface area contributed by atoms with Crippen molar-refractivity contribution in [1.29, 1.82) is 5.26 Å². The van der Waals surface area contributed by atoms with E-state index in [-0.39, 0.29) is 53.0 Å². The number of likely N-dealkylation sites (tertiary alicyclic amines) is 1. The van der Waals surface area contributed by atoms with Gasteiger partial charge in [0.25, 0.3) is 0 Å². The topological polar surface area (TPSA) is 96.1 Å². The molecule has 3 aliphatic heterocycles. The van der Waals surface area contributed by atoms with Crippen molar-refractivity contribution in [3.8, 4) is 17.2 Å². The van der Waals surface area contributed by atoms with Crippen molar-refractivity contribution in [2.24, 2.45) is 11.8 Å². The Labute approximate surface area is 303 Å². The summed E-state index contributed by atoms with van der Waals surface area (Å²) >= 11 is 14.7. The number of amides is 1. The normalized spacial score (nSPS) is 24.3. The highest BCUT2D eigenvalue weighted by Gasteiger charge is 2.51. The highest BCUT2D eigenvalue weighted by molar-refractivity contribution is 7.09. The molecule has 50 heavy (non-hydrogen) atoms. The van der Waals surface area contributed by atoms with Gasteiger partial charge in [0.1, 0.15) is 10.5 Å². The molecule has 2 bridgehead atoms. The van der Waals surface area contributed by atoms with Gasteiger partial charge in [-0.3, -0.25) is 4.79 Å². The van der Waals surface area contributed by atoms with E-state index in [1.807, 2.05) is 23.3 Å². The quantitative estimate of drug-likeness (QED) is 0.164. The lowest BCUT2D eigenvalue weighted by Gasteiger charge is -2.39. The smallest absolute Gasteiger partial charge is 0.226 e. The summed E-state index contributed by atoms with van der Waals surface area (Å²) in [5.74, 6) is 0.203. The number of nitriles is 1. The van der Waals surface area contributed by atoms with Gasteiger partial charge in [-0.2, -0.15) is 5.26 Å². The zero-order chi connectivity index (χ0) is 34.3. The van der Waals surface area contributed by atoms with Gasteiger partial charge < -0.3 is 19.5 Å². The number of aromatic nitrogens is 3. The summed E-state index contributed by atoms with van der Waals surface area (Å²) in [6.07, 6.45) is 5.79. The first kappa shape index (κ1) is 32.3. The average molecular weight is 730 g/mol. The molecule has 5 aliphatic rings. The molecule has 3 saturated heterocycles. The number of carbonyl (C=O) groups is 1. The Morgan fingerprint density at radius 1 is 1.22 bits per heavy atom. The molecule has 2 aliphatic carbocycles. The molecule has 0 unspecified atom stereocenters. The summed E-state index contributed by atoms with van der Waals surface area (Å²) in [7, 11) is 0. The largest absolute Gasteiger partial charge is 0.369 e. The number of aryl methyl sites for hydroxylation is 2. The lowest BCUT2D eigenvalue weighted by Crippen LogP contribution is -2.41.